The lowest BCUT2D eigenvalue weighted by Gasteiger charge is -2.12. The lowest BCUT2D eigenvalue weighted by molar-refractivity contribution is -0.165. The van der Waals surface area contributed by atoms with Crippen LogP contribution in [0.2, 0.25) is 0 Å². The van der Waals surface area contributed by atoms with E-state index in [4.69, 9.17) is 14.9 Å². The van der Waals surface area contributed by atoms with Gasteiger partial charge in [0.05, 0.1) is 13.2 Å². The SMILES string of the molecule is C=C(C)C(=O)OC(O)CCOCCC(O)O. The zero-order valence-corrected chi connectivity index (χ0v) is 9.26. The minimum Gasteiger partial charge on any atom is -0.433 e. The van der Waals surface area contributed by atoms with Crippen LogP contribution >= 0.6 is 0 Å². The first-order chi connectivity index (χ1) is 7.43. The van der Waals surface area contributed by atoms with Gasteiger partial charge >= 0.3 is 5.97 Å². The molecule has 0 aliphatic carbocycles. The Morgan fingerprint density at radius 2 is 1.81 bits per heavy atom. The van der Waals surface area contributed by atoms with Gasteiger partial charge in [0, 0.05) is 18.4 Å². The lowest BCUT2D eigenvalue weighted by Crippen LogP contribution is -2.20. The molecule has 1 atom stereocenters. The van der Waals surface area contributed by atoms with E-state index in [-0.39, 0.29) is 31.6 Å². The number of rotatable bonds is 8. The first kappa shape index (κ1) is 15.0. The lowest BCUT2D eigenvalue weighted by atomic mass is 10.3. The van der Waals surface area contributed by atoms with E-state index in [1.807, 2.05) is 0 Å². The third-order valence-electron chi connectivity index (χ3n) is 1.62. The number of ether oxygens (including phenoxy) is 2. The van der Waals surface area contributed by atoms with Crippen molar-refractivity contribution in [2.24, 2.45) is 0 Å². The van der Waals surface area contributed by atoms with E-state index in [9.17, 15) is 9.90 Å². The summed E-state index contributed by atoms with van der Waals surface area (Å²) in [5.74, 6) is -0.654. The van der Waals surface area contributed by atoms with Crippen LogP contribution in [0.4, 0.5) is 0 Å². The molecule has 0 fully saturated rings. The van der Waals surface area contributed by atoms with Crippen LogP contribution in [0.15, 0.2) is 12.2 Å². The summed E-state index contributed by atoms with van der Waals surface area (Å²) in [6, 6.07) is 0. The highest BCUT2D eigenvalue weighted by Crippen LogP contribution is 2.00. The highest BCUT2D eigenvalue weighted by atomic mass is 16.6. The summed E-state index contributed by atoms with van der Waals surface area (Å²) in [5, 5.41) is 26.2. The maximum atomic E-state index is 10.9. The number of aliphatic hydroxyl groups is 3. The molecular formula is C10H18O6. The molecule has 0 aliphatic rings. The van der Waals surface area contributed by atoms with Crippen LogP contribution in [-0.2, 0) is 14.3 Å². The van der Waals surface area contributed by atoms with Crippen molar-refractivity contribution in [1.82, 2.24) is 0 Å². The normalized spacial score (nSPS) is 12.6. The smallest absolute Gasteiger partial charge is 0.335 e. The Labute approximate surface area is 94.1 Å². The predicted octanol–water partition coefficient (Wildman–Crippen LogP) is -0.468. The van der Waals surface area contributed by atoms with E-state index >= 15 is 0 Å². The molecule has 94 valence electrons. The van der Waals surface area contributed by atoms with Gasteiger partial charge in [0.1, 0.15) is 0 Å². The van der Waals surface area contributed by atoms with Crippen LogP contribution in [0.5, 0.6) is 0 Å². The first-order valence-corrected chi connectivity index (χ1v) is 4.92. The van der Waals surface area contributed by atoms with Crippen LogP contribution in [-0.4, -0.2) is 47.1 Å². The number of aliphatic hydroxyl groups excluding tert-OH is 2. The fraction of sp³-hybridized carbons (Fsp3) is 0.700. The average Bonchev–Trinajstić information content (AvgIpc) is 2.16. The molecule has 0 aromatic heterocycles. The summed E-state index contributed by atoms with van der Waals surface area (Å²) in [7, 11) is 0. The van der Waals surface area contributed by atoms with Crippen molar-refractivity contribution in [3.63, 3.8) is 0 Å². The molecule has 0 aromatic carbocycles. The number of carbonyl (C=O) groups excluding carboxylic acids is 1. The highest BCUT2D eigenvalue weighted by molar-refractivity contribution is 5.86. The van der Waals surface area contributed by atoms with Gasteiger partial charge in [-0.15, -0.1) is 0 Å². The molecule has 0 spiro atoms. The zero-order chi connectivity index (χ0) is 12.6. The molecule has 0 bridgehead atoms. The number of esters is 1. The fourth-order valence-corrected chi connectivity index (χ4v) is 0.758. The summed E-state index contributed by atoms with van der Waals surface area (Å²) >= 11 is 0. The quantitative estimate of drug-likeness (QED) is 0.227. The van der Waals surface area contributed by atoms with Crippen LogP contribution in [0.3, 0.4) is 0 Å². The molecule has 16 heavy (non-hydrogen) atoms. The molecule has 0 rings (SSSR count). The van der Waals surface area contributed by atoms with Crippen molar-refractivity contribution >= 4 is 5.97 Å². The Morgan fingerprint density at radius 1 is 1.25 bits per heavy atom. The van der Waals surface area contributed by atoms with Gasteiger partial charge in [-0.25, -0.2) is 4.79 Å². The van der Waals surface area contributed by atoms with Gasteiger partial charge in [0.15, 0.2) is 6.29 Å². The molecule has 0 aliphatic heterocycles. The number of hydrogen-bond acceptors (Lipinski definition) is 6. The van der Waals surface area contributed by atoms with E-state index < -0.39 is 18.5 Å². The summed E-state index contributed by atoms with van der Waals surface area (Å²) in [4.78, 5) is 10.9. The van der Waals surface area contributed by atoms with Gasteiger partial charge in [-0.2, -0.15) is 0 Å². The molecular weight excluding hydrogens is 216 g/mol. The van der Waals surface area contributed by atoms with E-state index in [2.05, 4.69) is 11.3 Å². The maximum absolute atomic E-state index is 10.9. The standard InChI is InChI=1S/C10H18O6/c1-7(2)10(14)16-9(13)4-6-15-5-3-8(11)12/h8-9,11-13H,1,3-6H2,2H3. The van der Waals surface area contributed by atoms with E-state index in [1.165, 1.54) is 6.92 Å². The molecule has 0 saturated heterocycles. The monoisotopic (exact) mass is 234 g/mol. The summed E-state index contributed by atoms with van der Waals surface area (Å²) < 4.78 is 9.54. The molecule has 0 aromatic rings. The Morgan fingerprint density at radius 3 is 2.31 bits per heavy atom. The minimum absolute atomic E-state index is 0.0989. The predicted molar refractivity (Wildman–Crippen MR) is 55.2 cm³/mol. The van der Waals surface area contributed by atoms with Gasteiger partial charge in [0.2, 0.25) is 6.29 Å². The summed E-state index contributed by atoms with van der Waals surface area (Å²) in [5.41, 5.74) is 0.211. The third-order valence-corrected chi connectivity index (χ3v) is 1.62. The van der Waals surface area contributed by atoms with Crippen molar-refractivity contribution in [3.05, 3.63) is 12.2 Å². The molecule has 0 heterocycles. The van der Waals surface area contributed by atoms with E-state index in [0.717, 1.165) is 0 Å². The van der Waals surface area contributed by atoms with Crippen molar-refractivity contribution in [3.8, 4) is 0 Å². The summed E-state index contributed by atoms with van der Waals surface area (Å²) in [6.45, 7) is 5.17. The van der Waals surface area contributed by atoms with Gasteiger partial charge in [-0.05, 0) is 6.92 Å². The Hall–Kier alpha value is -0.950. The molecule has 1 unspecified atom stereocenters. The second-order valence-electron chi connectivity index (χ2n) is 3.31. The van der Waals surface area contributed by atoms with Crippen LogP contribution < -0.4 is 0 Å². The van der Waals surface area contributed by atoms with E-state index in [1.54, 1.807) is 0 Å². The first-order valence-electron chi connectivity index (χ1n) is 4.92. The van der Waals surface area contributed by atoms with Gasteiger partial charge in [-0.1, -0.05) is 6.58 Å². The fourth-order valence-electron chi connectivity index (χ4n) is 0.758. The van der Waals surface area contributed by atoms with Crippen LogP contribution in [0.25, 0.3) is 0 Å². The molecule has 3 N–H and O–H groups in total. The Bertz CT molecular complexity index is 225. The molecule has 0 radical (unpaired) electrons. The Kier molecular flexibility index (Phi) is 7.74. The largest absolute Gasteiger partial charge is 0.433 e. The van der Waals surface area contributed by atoms with Crippen molar-refractivity contribution in [1.29, 1.82) is 0 Å². The topological polar surface area (TPSA) is 96.2 Å². The van der Waals surface area contributed by atoms with Crippen molar-refractivity contribution < 1.29 is 29.6 Å². The zero-order valence-electron chi connectivity index (χ0n) is 9.26. The molecule has 0 amide bonds. The van der Waals surface area contributed by atoms with Crippen molar-refractivity contribution in [2.45, 2.75) is 32.3 Å². The number of carbonyl (C=O) groups is 1. The average molecular weight is 234 g/mol. The molecule has 6 nitrogen and oxygen atoms in total. The van der Waals surface area contributed by atoms with Crippen LogP contribution in [0, 0.1) is 0 Å². The van der Waals surface area contributed by atoms with E-state index in [0.29, 0.717) is 0 Å². The van der Waals surface area contributed by atoms with Crippen molar-refractivity contribution in [2.75, 3.05) is 13.2 Å². The van der Waals surface area contributed by atoms with Gasteiger partial charge in [-0.3, -0.25) is 0 Å². The minimum atomic E-state index is -1.40. The maximum Gasteiger partial charge on any atom is 0.335 e. The van der Waals surface area contributed by atoms with Gasteiger partial charge < -0.3 is 24.8 Å². The van der Waals surface area contributed by atoms with Crippen LogP contribution in [0.1, 0.15) is 19.8 Å². The Balaban J connectivity index is 3.47. The second-order valence-corrected chi connectivity index (χ2v) is 3.31. The highest BCUT2D eigenvalue weighted by Gasteiger charge is 2.11. The second kappa shape index (κ2) is 8.23. The van der Waals surface area contributed by atoms with Gasteiger partial charge in [0.25, 0.3) is 0 Å². The third kappa shape index (κ3) is 8.37. The molecule has 6 heteroatoms. The number of hydrogen-bond donors (Lipinski definition) is 3. The summed E-state index contributed by atoms with van der Waals surface area (Å²) in [6.07, 6.45) is -2.41. The molecule has 0 saturated carbocycles.